The lowest BCUT2D eigenvalue weighted by Gasteiger charge is -2.00. The molecule has 0 bridgehead atoms. The number of hydrogen-bond donors (Lipinski definition) is 0. The lowest BCUT2D eigenvalue weighted by molar-refractivity contribution is -0.392. The molecule has 9 heteroatoms. The highest BCUT2D eigenvalue weighted by Crippen LogP contribution is 2.16. The molecule has 0 radical (unpaired) electrons. The van der Waals surface area contributed by atoms with Crippen molar-refractivity contribution >= 4 is 17.4 Å². The Kier molecular flexibility index (Phi) is 3.60. The zero-order chi connectivity index (χ0) is 15.7. The second-order valence-corrected chi connectivity index (χ2v) is 5.07. The maximum Gasteiger partial charge on any atom is 0.343 e. The second kappa shape index (κ2) is 5.57. The van der Waals surface area contributed by atoms with E-state index >= 15 is 0 Å². The summed E-state index contributed by atoms with van der Waals surface area (Å²) in [5.74, 6) is 0.478. The van der Waals surface area contributed by atoms with Gasteiger partial charge < -0.3 is 10.1 Å². The summed E-state index contributed by atoms with van der Waals surface area (Å²) in [4.78, 5) is 14.5. The molecule has 2 aromatic heterocycles. The summed E-state index contributed by atoms with van der Waals surface area (Å²) in [5.41, 5.74) is 1.40. The maximum absolute atomic E-state index is 11.0. The molecule has 0 aliphatic heterocycles. The molecule has 8 nitrogen and oxygen atoms in total. The van der Waals surface area contributed by atoms with Crippen molar-refractivity contribution in [3.05, 3.63) is 63.3 Å². The minimum absolute atomic E-state index is 0.0708. The van der Waals surface area contributed by atoms with Gasteiger partial charge >= 0.3 is 5.82 Å². The van der Waals surface area contributed by atoms with Gasteiger partial charge in [-0.3, -0.25) is 0 Å². The number of rotatable bonds is 4. The van der Waals surface area contributed by atoms with Gasteiger partial charge in [-0.25, -0.2) is 14.2 Å². The third kappa shape index (κ3) is 2.68. The van der Waals surface area contributed by atoms with E-state index in [2.05, 4.69) is 15.3 Å². The standard InChI is InChI=1S/C13H11ClN6O2/c1-9-15-6-13(20(21)22)18(9)7-11-8-19(17-16-11)12-4-2-10(14)3-5-12/h2-6,8H,7H2,1H3. The highest BCUT2D eigenvalue weighted by Gasteiger charge is 2.19. The molecule has 2 heterocycles. The van der Waals surface area contributed by atoms with Crippen LogP contribution in [-0.2, 0) is 6.54 Å². The van der Waals surface area contributed by atoms with Gasteiger partial charge in [0.15, 0.2) is 5.82 Å². The SMILES string of the molecule is Cc1ncc([N+](=O)[O-])n1Cc1cn(-c2ccc(Cl)cc2)nn1. The van der Waals surface area contributed by atoms with E-state index in [0.29, 0.717) is 16.5 Å². The summed E-state index contributed by atoms with van der Waals surface area (Å²) in [5, 5.41) is 19.7. The Bertz CT molecular complexity index is 823. The van der Waals surface area contributed by atoms with Crippen molar-refractivity contribution in [1.82, 2.24) is 24.5 Å². The molecule has 0 aliphatic carbocycles. The van der Waals surface area contributed by atoms with E-state index in [1.54, 1.807) is 29.9 Å². The number of halogens is 1. The Morgan fingerprint density at radius 1 is 1.32 bits per heavy atom. The van der Waals surface area contributed by atoms with Crippen molar-refractivity contribution < 1.29 is 4.92 Å². The molecule has 0 unspecified atom stereocenters. The predicted molar refractivity (Wildman–Crippen MR) is 79.1 cm³/mol. The highest BCUT2D eigenvalue weighted by atomic mass is 35.5. The Morgan fingerprint density at radius 3 is 2.73 bits per heavy atom. The molecule has 22 heavy (non-hydrogen) atoms. The number of imidazole rings is 1. The van der Waals surface area contributed by atoms with Gasteiger partial charge in [0.25, 0.3) is 0 Å². The van der Waals surface area contributed by atoms with Crippen molar-refractivity contribution in [1.29, 1.82) is 0 Å². The normalized spacial score (nSPS) is 10.8. The van der Waals surface area contributed by atoms with Crippen LogP contribution >= 0.6 is 11.6 Å². The van der Waals surface area contributed by atoms with Crippen LogP contribution in [0.2, 0.25) is 5.02 Å². The summed E-state index contributed by atoms with van der Waals surface area (Å²) < 4.78 is 3.07. The molecule has 0 N–H and O–H groups in total. The molecule has 0 spiro atoms. The summed E-state index contributed by atoms with van der Waals surface area (Å²) in [6, 6.07) is 7.13. The first-order chi connectivity index (χ1) is 10.5. The predicted octanol–water partition coefficient (Wildman–Crippen LogP) is 2.38. The highest BCUT2D eigenvalue weighted by molar-refractivity contribution is 6.30. The van der Waals surface area contributed by atoms with E-state index in [4.69, 9.17) is 11.6 Å². The molecule has 0 atom stereocenters. The van der Waals surface area contributed by atoms with E-state index in [1.165, 1.54) is 10.8 Å². The minimum atomic E-state index is -0.469. The average molecular weight is 319 g/mol. The van der Waals surface area contributed by atoms with Gasteiger partial charge in [-0.05, 0) is 29.2 Å². The van der Waals surface area contributed by atoms with Crippen LogP contribution < -0.4 is 0 Å². The molecule has 0 saturated carbocycles. The fraction of sp³-hybridized carbons (Fsp3) is 0.154. The third-order valence-corrected chi connectivity index (χ3v) is 3.43. The zero-order valence-electron chi connectivity index (χ0n) is 11.5. The van der Waals surface area contributed by atoms with Gasteiger partial charge in [0.1, 0.15) is 18.4 Å². The van der Waals surface area contributed by atoms with Crippen molar-refractivity contribution in [2.75, 3.05) is 0 Å². The molecule has 0 fully saturated rings. The molecule has 3 rings (SSSR count). The van der Waals surface area contributed by atoms with Gasteiger partial charge in [-0.1, -0.05) is 16.8 Å². The number of nitro groups is 1. The van der Waals surface area contributed by atoms with Crippen LogP contribution in [0.5, 0.6) is 0 Å². The zero-order valence-corrected chi connectivity index (χ0v) is 12.3. The van der Waals surface area contributed by atoms with E-state index < -0.39 is 4.92 Å². The Balaban J connectivity index is 1.87. The van der Waals surface area contributed by atoms with E-state index in [9.17, 15) is 10.1 Å². The molecule has 0 saturated heterocycles. The van der Waals surface area contributed by atoms with Crippen LogP contribution in [0.25, 0.3) is 5.69 Å². The lowest BCUT2D eigenvalue weighted by atomic mass is 10.3. The van der Waals surface area contributed by atoms with Crippen LogP contribution in [0.4, 0.5) is 5.82 Å². The minimum Gasteiger partial charge on any atom is -0.358 e. The molecular formula is C13H11ClN6O2. The first-order valence-corrected chi connectivity index (χ1v) is 6.76. The van der Waals surface area contributed by atoms with Gasteiger partial charge in [0, 0.05) is 11.9 Å². The van der Waals surface area contributed by atoms with Gasteiger partial charge in [0.2, 0.25) is 0 Å². The van der Waals surface area contributed by atoms with Gasteiger partial charge in [-0.15, -0.1) is 5.10 Å². The Labute approximate surface area is 130 Å². The molecular weight excluding hydrogens is 308 g/mol. The Hall–Kier alpha value is -2.74. The topological polar surface area (TPSA) is 91.7 Å². The number of nitrogens with zero attached hydrogens (tertiary/aromatic N) is 6. The quantitative estimate of drug-likeness (QED) is 0.544. The van der Waals surface area contributed by atoms with E-state index in [0.717, 1.165) is 5.69 Å². The fourth-order valence-electron chi connectivity index (χ4n) is 2.05. The van der Waals surface area contributed by atoms with Gasteiger partial charge in [-0.2, -0.15) is 0 Å². The van der Waals surface area contributed by atoms with Crippen LogP contribution in [0.3, 0.4) is 0 Å². The molecule has 112 valence electrons. The van der Waals surface area contributed by atoms with Crippen LogP contribution in [0, 0.1) is 17.0 Å². The maximum atomic E-state index is 11.0. The molecule has 0 amide bonds. The molecule has 1 aromatic carbocycles. The summed E-state index contributed by atoms with van der Waals surface area (Å²) >= 11 is 5.84. The van der Waals surface area contributed by atoms with Crippen molar-refractivity contribution in [3.63, 3.8) is 0 Å². The number of aromatic nitrogens is 5. The van der Waals surface area contributed by atoms with Gasteiger partial charge in [0.05, 0.1) is 11.9 Å². The van der Waals surface area contributed by atoms with Crippen molar-refractivity contribution in [2.45, 2.75) is 13.5 Å². The van der Waals surface area contributed by atoms with Crippen molar-refractivity contribution in [2.24, 2.45) is 0 Å². The lowest BCUT2D eigenvalue weighted by Crippen LogP contribution is -2.06. The third-order valence-electron chi connectivity index (χ3n) is 3.17. The molecule has 3 aromatic rings. The van der Waals surface area contributed by atoms with Crippen LogP contribution in [0.1, 0.15) is 11.5 Å². The average Bonchev–Trinajstić information content (AvgIpc) is 3.08. The summed E-state index contributed by atoms with van der Waals surface area (Å²) in [6.45, 7) is 1.94. The van der Waals surface area contributed by atoms with E-state index in [1.807, 2.05) is 12.1 Å². The van der Waals surface area contributed by atoms with E-state index in [-0.39, 0.29) is 12.4 Å². The van der Waals surface area contributed by atoms with Crippen LogP contribution in [-0.4, -0.2) is 29.5 Å². The summed E-state index contributed by atoms with van der Waals surface area (Å²) in [7, 11) is 0. The number of aryl methyl sites for hydroxylation is 1. The number of benzene rings is 1. The van der Waals surface area contributed by atoms with Crippen LogP contribution in [0.15, 0.2) is 36.7 Å². The fourth-order valence-corrected chi connectivity index (χ4v) is 2.18. The first kappa shape index (κ1) is 14.2. The second-order valence-electron chi connectivity index (χ2n) is 4.64. The summed E-state index contributed by atoms with van der Waals surface area (Å²) in [6.07, 6.45) is 2.95. The smallest absolute Gasteiger partial charge is 0.343 e. The molecule has 0 aliphatic rings. The first-order valence-electron chi connectivity index (χ1n) is 6.38. The monoisotopic (exact) mass is 318 g/mol. The number of hydrogen-bond acceptors (Lipinski definition) is 5. The Morgan fingerprint density at radius 2 is 2.05 bits per heavy atom. The largest absolute Gasteiger partial charge is 0.358 e. The van der Waals surface area contributed by atoms with Crippen molar-refractivity contribution in [3.8, 4) is 5.69 Å².